The van der Waals surface area contributed by atoms with E-state index < -0.39 is 0 Å². The van der Waals surface area contributed by atoms with Gasteiger partial charge in [-0.1, -0.05) is 18.2 Å². The molecule has 1 N–H and O–H groups in total. The number of rotatable bonds is 5. The van der Waals surface area contributed by atoms with Crippen LogP contribution in [0.15, 0.2) is 36.5 Å². The van der Waals surface area contributed by atoms with Crippen molar-refractivity contribution in [3.05, 3.63) is 48.0 Å². The van der Waals surface area contributed by atoms with Crippen molar-refractivity contribution in [1.82, 2.24) is 14.9 Å². The monoisotopic (exact) mass is 299 g/mol. The first kappa shape index (κ1) is 14.6. The second-order valence-corrected chi connectivity index (χ2v) is 5.67. The standard InChI is InChI=1S/C17H21N3O2/c1-13-11-20-12-14(7-8-16(20)18-13)19-17(21)9-10-22-15-5-3-2-4-6-15/h2-6,11,14H,7-10,12H2,1H3,(H,19,21). The molecular formula is C17H21N3O2. The third-order valence-electron chi connectivity index (χ3n) is 3.82. The fourth-order valence-corrected chi connectivity index (χ4v) is 2.78. The highest BCUT2D eigenvalue weighted by molar-refractivity contribution is 5.76. The minimum atomic E-state index is 0.0428. The number of hydrogen-bond donors (Lipinski definition) is 1. The zero-order chi connectivity index (χ0) is 15.4. The topological polar surface area (TPSA) is 56.2 Å². The molecular weight excluding hydrogens is 278 g/mol. The maximum absolute atomic E-state index is 12.0. The Morgan fingerprint density at radius 1 is 1.41 bits per heavy atom. The third kappa shape index (κ3) is 3.67. The number of benzene rings is 1. The Balaban J connectivity index is 1.43. The van der Waals surface area contributed by atoms with Crippen molar-refractivity contribution in [2.24, 2.45) is 0 Å². The quantitative estimate of drug-likeness (QED) is 0.920. The molecule has 1 aromatic heterocycles. The first-order valence-electron chi connectivity index (χ1n) is 7.70. The van der Waals surface area contributed by atoms with Gasteiger partial charge in [-0.3, -0.25) is 4.79 Å². The van der Waals surface area contributed by atoms with Gasteiger partial charge >= 0.3 is 0 Å². The molecule has 0 spiro atoms. The number of nitrogens with one attached hydrogen (secondary N) is 1. The minimum Gasteiger partial charge on any atom is -0.493 e. The summed E-state index contributed by atoms with van der Waals surface area (Å²) in [5, 5.41) is 3.09. The molecule has 22 heavy (non-hydrogen) atoms. The molecule has 2 aromatic rings. The molecule has 1 aliphatic heterocycles. The van der Waals surface area contributed by atoms with Crippen LogP contribution in [0.3, 0.4) is 0 Å². The Morgan fingerprint density at radius 3 is 3.05 bits per heavy atom. The Bertz CT molecular complexity index is 637. The SMILES string of the molecule is Cc1cn2c(n1)CCC(NC(=O)CCOc1ccccc1)C2. The molecule has 0 saturated heterocycles. The number of hydrogen-bond acceptors (Lipinski definition) is 3. The molecule has 1 aliphatic rings. The van der Waals surface area contributed by atoms with Crippen LogP contribution in [-0.2, 0) is 17.8 Å². The van der Waals surface area contributed by atoms with Gasteiger partial charge in [-0.25, -0.2) is 4.98 Å². The van der Waals surface area contributed by atoms with Crippen molar-refractivity contribution >= 4 is 5.91 Å². The summed E-state index contributed by atoms with van der Waals surface area (Å²) in [6.07, 6.45) is 4.29. The van der Waals surface area contributed by atoms with Crippen LogP contribution in [-0.4, -0.2) is 28.1 Å². The van der Waals surface area contributed by atoms with Crippen LogP contribution in [0.1, 0.15) is 24.4 Å². The average Bonchev–Trinajstić information content (AvgIpc) is 2.87. The minimum absolute atomic E-state index is 0.0428. The summed E-state index contributed by atoms with van der Waals surface area (Å²) < 4.78 is 7.69. The van der Waals surface area contributed by atoms with Gasteiger partial charge in [0.1, 0.15) is 11.6 Å². The number of nitrogens with zero attached hydrogens (tertiary/aromatic N) is 2. The summed E-state index contributed by atoms with van der Waals surface area (Å²) in [5.41, 5.74) is 1.04. The van der Waals surface area contributed by atoms with Crippen LogP contribution in [0.25, 0.3) is 0 Å². The highest BCUT2D eigenvalue weighted by Crippen LogP contribution is 2.15. The van der Waals surface area contributed by atoms with E-state index in [1.54, 1.807) is 0 Å². The lowest BCUT2D eigenvalue weighted by Gasteiger charge is -2.24. The summed E-state index contributed by atoms with van der Waals surface area (Å²) in [6.45, 7) is 3.21. The molecule has 116 valence electrons. The normalized spacial score (nSPS) is 16.9. The maximum Gasteiger partial charge on any atom is 0.223 e. The first-order chi connectivity index (χ1) is 10.7. The summed E-state index contributed by atoms with van der Waals surface area (Å²) >= 11 is 0. The lowest BCUT2D eigenvalue weighted by Crippen LogP contribution is -2.41. The number of ether oxygens (including phenoxy) is 1. The first-order valence-corrected chi connectivity index (χ1v) is 7.70. The van der Waals surface area contributed by atoms with E-state index in [1.807, 2.05) is 43.5 Å². The third-order valence-corrected chi connectivity index (χ3v) is 3.82. The molecule has 0 bridgehead atoms. The van der Waals surface area contributed by atoms with Gasteiger partial charge in [0.25, 0.3) is 0 Å². The van der Waals surface area contributed by atoms with E-state index >= 15 is 0 Å². The number of amides is 1. The fourth-order valence-electron chi connectivity index (χ4n) is 2.78. The summed E-state index contributed by atoms with van der Waals surface area (Å²) in [5.74, 6) is 1.96. The zero-order valence-corrected chi connectivity index (χ0v) is 12.8. The van der Waals surface area contributed by atoms with Crippen molar-refractivity contribution < 1.29 is 9.53 Å². The van der Waals surface area contributed by atoms with Crippen LogP contribution >= 0.6 is 0 Å². The van der Waals surface area contributed by atoms with Gasteiger partial charge in [0.15, 0.2) is 0 Å². The van der Waals surface area contributed by atoms with E-state index in [1.165, 1.54) is 0 Å². The molecule has 3 rings (SSSR count). The molecule has 5 nitrogen and oxygen atoms in total. The van der Waals surface area contributed by atoms with Crippen LogP contribution in [0.5, 0.6) is 5.75 Å². The molecule has 5 heteroatoms. The number of imidazole rings is 1. The van der Waals surface area contributed by atoms with Gasteiger partial charge in [0.2, 0.25) is 5.91 Å². The number of aromatic nitrogens is 2. The Morgan fingerprint density at radius 2 is 2.23 bits per heavy atom. The van der Waals surface area contributed by atoms with Gasteiger partial charge < -0.3 is 14.6 Å². The van der Waals surface area contributed by atoms with Crippen molar-refractivity contribution in [1.29, 1.82) is 0 Å². The molecule has 1 atom stereocenters. The summed E-state index contributed by atoms with van der Waals surface area (Å²) in [7, 11) is 0. The number of fused-ring (bicyclic) bond motifs is 1. The fraction of sp³-hybridized carbons (Fsp3) is 0.412. The highest BCUT2D eigenvalue weighted by atomic mass is 16.5. The van der Waals surface area contributed by atoms with Crippen LogP contribution < -0.4 is 10.1 Å². The van der Waals surface area contributed by atoms with Crippen molar-refractivity contribution in [2.75, 3.05) is 6.61 Å². The van der Waals surface area contributed by atoms with Crippen LogP contribution in [0.4, 0.5) is 0 Å². The molecule has 0 saturated carbocycles. The Kier molecular flexibility index (Phi) is 4.42. The molecule has 1 unspecified atom stereocenters. The predicted molar refractivity (Wildman–Crippen MR) is 83.8 cm³/mol. The number of para-hydroxylation sites is 1. The van der Waals surface area contributed by atoms with E-state index in [4.69, 9.17) is 4.74 Å². The van der Waals surface area contributed by atoms with Gasteiger partial charge in [0, 0.05) is 25.2 Å². The van der Waals surface area contributed by atoms with E-state index in [9.17, 15) is 4.79 Å². The molecule has 1 amide bonds. The van der Waals surface area contributed by atoms with E-state index in [-0.39, 0.29) is 11.9 Å². The molecule has 0 radical (unpaired) electrons. The predicted octanol–water partition coefficient (Wildman–Crippen LogP) is 2.09. The molecule has 2 heterocycles. The van der Waals surface area contributed by atoms with Gasteiger partial charge in [0.05, 0.1) is 18.7 Å². The van der Waals surface area contributed by atoms with Crippen LogP contribution in [0.2, 0.25) is 0 Å². The van der Waals surface area contributed by atoms with Crippen LogP contribution in [0, 0.1) is 6.92 Å². The molecule has 0 fully saturated rings. The largest absolute Gasteiger partial charge is 0.493 e. The highest BCUT2D eigenvalue weighted by Gasteiger charge is 2.20. The van der Waals surface area contributed by atoms with Crippen molar-refractivity contribution in [2.45, 2.75) is 38.8 Å². The lowest BCUT2D eigenvalue weighted by atomic mass is 10.1. The number of aryl methyl sites for hydroxylation is 2. The second-order valence-electron chi connectivity index (χ2n) is 5.67. The van der Waals surface area contributed by atoms with E-state index in [2.05, 4.69) is 14.9 Å². The summed E-state index contributed by atoms with van der Waals surface area (Å²) in [4.78, 5) is 16.5. The Hall–Kier alpha value is -2.30. The average molecular weight is 299 g/mol. The van der Waals surface area contributed by atoms with E-state index in [0.29, 0.717) is 13.0 Å². The van der Waals surface area contributed by atoms with Crippen molar-refractivity contribution in [3.8, 4) is 5.75 Å². The lowest BCUT2D eigenvalue weighted by molar-refractivity contribution is -0.122. The van der Waals surface area contributed by atoms with Gasteiger partial charge in [-0.15, -0.1) is 0 Å². The molecule has 0 aliphatic carbocycles. The van der Waals surface area contributed by atoms with Gasteiger partial charge in [-0.05, 0) is 25.5 Å². The smallest absolute Gasteiger partial charge is 0.223 e. The Labute approximate surface area is 130 Å². The van der Waals surface area contributed by atoms with E-state index in [0.717, 1.165) is 36.7 Å². The number of carbonyl (C=O) groups excluding carboxylic acids is 1. The summed E-state index contributed by atoms with van der Waals surface area (Å²) in [6, 6.07) is 9.74. The number of carbonyl (C=O) groups is 1. The zero-order valence-electron chi connectivity index (χ0n) is 12.8. The molecule has 1 aromatic carbocycles. The second kappa shape index (κ2) is 6.64. The van der Waals surface area contributed by atoms with Gasteiger partial charge in [-0.2, -0.15) is 0 Å². The maximum atomic E-state index is 12.0. The van der Waals surface area contributed by atoms with Crippen molar-refractivity contribution in [3.63, 3.8) is 0 Å².